The van der Waals surface area contributed by atoms with Crippen LogP contribution >= 0.6 is 0 Å². The van der Waals surface area contributed by atoms with Crippen LogP contribution in [0.2, 0.25) is 0 Å². The molecule has 0 aliphatic carbocycles. The van der Waals surface area contributed by atoms with Crippen molar-refractivity contribution in [3.63, 3.8) is 0 Å². The van der Waals surface area contributed by atoms with Crippen LogP contribution < -0.4 is 5.32 Å². The van der Waals surface area contributed by atoms with Gasteiger partial charge in [0, 0.05) is 13.0 Å². The molecule has 1 aromatic carbocycles. The number of benzene rings is 1. The number of para-hydroxylation sites is 1. The SMILES string of the molecule is CCC(=O)N(CC)CC(=O)Nc1ccccc1C(F)(F)F. The Morgan fingerprint density at radius 2 is 1.81 bits per heavy atom. The minimum Gasteiger partial charge on any atom is -0.334 e. The number of hydrogen-bond donors (Lipinski definition) is 1. The number of halogens is 3. The van der Waals surface area contributed by atoms with E-state index in [0.29, 0.717) is 6.54 Å². The van der Waals surface area contributed by atoms with Crippen molar-refractivity contribution in [3.8, 4) is 0 Å². The number of alkyl halides is 3. The van der Waals surface area contributed by atoms with Crippen LogP contribution in [0, 0.1) is 0 Å². The first-order chi connectivity index (χ1) is 9.79. The summed E-state index contributed by atoms with van der Waals surface area (Å²) >= 11 is 0. The van der Waals surface area contributed by atoms with Crippen LogP contribution in [0.15, 0.2) is 24.3 Å². The van der Waals surface area contributed by atoms with Gasteiger partial charge in [0.1, 0.15) is 0 Å². The fourth-order valence-electron chi connectivity index (χ4n) is 1.80. The molecule has 1 N–H and O–H groups in total. The molecule has 7 heteroatoms. The van der Waals surface area contributed by atoms with E-state index in [-0.39, 0.29) is 24.6 Å². The fraction of sp³-hybridized carbons (Fsp3) is 0.429. The Kier molecular flexibility index (Phi) is 5.75. The normalized spacial score (nSPS) is 11.1. The van der Waals surface area contributed by atoms with Crippen molar-refractivity contribution < 1.29 is 22.8 Å². The summed E-state index contributed by atoms with van der Waals surface area (Å²) < 4.78 is 38.4. The van der Waals surface area contributed by atoms with Gasteiger partial charge in [0.15, 0.2) is 0 Å². The second kappa shape index (κ2) is 7.10. The molecule has 21 heavy (non-hydrogen) atoms. The minimum atomic E-state index is -4.55. The van der Waals surface area contributed by atoms with Crippen LogP contribution in [0.3, 0.4) is 0 Å². The van der Waals surface area contributed by atoms with E-state index >= 15 is 0 Å². The van der Waals surface area contributed by atoms with E-state index in [4.69, 9.17) is 0 Å². The molecule has 0 unspecified atom stereocenters. The monoisotopic (exact) mass is 302 g/mol. The zero-order valence-electron chi connectivity index (χ0n) is 11.8. The molecule has 0 aromatic heterocycles. The topological polar surface area (TPSA) is 49.4 Å². The number of anilines is 1. The summed E-state index contributed by atoms with van der Waals surface area (Å²) in [6.45, 7) is 3.41. The Balaban J connectivity index is 2.82. The lowest BCUT2D eigenvalue weighted by molar-refractivity contribution is -0.137. The molecule has 2 amide bonds. The number of hydrogen-bond acceptors (Lipinski definition) is 2. The summed E-state index contributed by atoms with van der Waals surface area (Å²) in [5, 5.41) is 2.21. The van der Waals surface area contributed by atoms with E-state index in [9.17, 15) is 22.8 Å². The van der Waals surface area contributed by atoms with Crippen LogP contribution in [-0.4, -0.2) is 29.8 Å². The number of amides is 2. The standard InChI is InChI=1S/C14H17F3N2O2/c1-3-13(21)19(4-2)9-12(20)18-11-8-6-5-7-10(11)14(15,16)17/h5-8H,3-4,9H2,1-2H3,(H,18,20). The van der Waals surface area contributed by atoms with Gasteiger partial charge < -0.3 is 10.2 Å². The van der Waals surface area contributed by atoms with Crippen molar-refractivity contribution in [1.82, 2.24) is 4.90 Å². The van der Waals surface area contributed by atoms with Gasteiger partial charge in [0.2, 0.25) is 11.8 Å². The van der Waals surface area contributed by atoms with Gasteiger partial charge >= 0.3 is 6.18 Å². The third-order valence-corrected chi connectivity index (χ3v) is 2.88. The molecule has 0 aliphatic rings. The maximum absolute atomic E-state index is 12.8. The molecular weight excluding hydrogens is 285 g/mol. The Hall–Kier alpha value is -2.05. The molecule has 4 nitrogen and oxygen atoms in total. The number of carbonyl (C=O) groups is 2. The smallest absolute Gasteiger partial charge is 0.334 e. The lowest BCUT2D eigenvalue weighted by Gasteiger charge is -2.20. The average Bonchev–Trinajstić information content (AvgIpc) is 2.43. The van der Waals surface area contributed by atoms with Crippen LogP contribution in [0.4, 0.5) is 18.9 Å². The Morgan fingerprint density at radius 1 is 1.19 bits per heavy atom. The molecule has 0 fully saturated rings. The lowest BCUT2D eigenvalue weighted by Crippen LogP contribution is -2.37. The van der Waals surface area contributed by atoms with Crippen LogP contribution in [0.1, 0.15) is 25.8 Å². The molecule has 0 radical (unpaired) electrons. The van der Waals surface area contributed by atoms with Crippen molar-refractivity contribution in [1.29, 1.82) is 0 Å². The summed E-state index contributed by atoms with van der Waals surface area (Å²) in [5.74, 6) is -0.882. The molecule has 0 aliphatic heterocycles. The molecule has 116 valence electrons. The predicted molar refractivity (Wildman–Crippen MR) is 72.6 cm³/mol. The lowest BCUT2D eigenvalue weighted by atomic mass is 10.1. The maximum Gasteiger partial charge on any atom is 0.418 e. The Labute approximate surface area is 120 Å². The highest BCUT2D eigenvalue weighted by atomic mass is 19.4. The van der Waals surface area contributed by atoms with Gasteiger partial charge in [-0.25, -0.2) is 0 Å². The maximum atomic E-state index is 12.8. The Bertz CT molecular complexity index is 515. The summed E-state index contributed by atoms with van der Waals surface area (Å²) in [5.41, 5.74) is -1.22. The average molecular weight is 302 g/mol. The van der Waals surface area contributed by atoms with E-state index in [2.05, 4.69) is 5.32 Å². The third-order valence-electron chi connectivity index (χ3n) is 2.88. The van der Waals surface area contributed by atoms with Gasteiger partial charge in [-0.15, -0.1) is 0 Å². The van der Waals surface area contributed by atoms with Crippen molar-refractivity contribution in [2.45, 2.75) is 26.4 Å². The van der Waals surface area contributed by atoms with Crippen LogP contribution in [0.25, 0.3) is 0 Å². The Morgan fingerprint density at radius 3 is 2.33 bits per heavy atom. The fourth-order valence-corrected chi connectivity index (χ4v) is 1.80. The van der Waals surface area contributed by atoms with Crippen molar-refractivity contribution >= 4 is 17.5 Å². The quantitative estimate of drug-likeness (QED) is 0.909. The van der Waals surface area contributed by atoms with E-state index in [1.54, 1.807) is 13.8 Å². The number of carbonyl (C=O) groups excluding carboxylic acids is 2. The number of rotatable bonds is 5. The first-order valence-electron chi connectivity index (χ1n) is 6.53. The molecule has 0 heterocycles. The summed E-state index contributed by atoms with van der Waals surface area (Å²) in [6, 6.07) is 4.72. The molecular formula is C14H17F3N2O2. The third kappa shape index (κ3) is 4.77. The molecule has 0 saturated heterocycles. The molecule has 1 aromatic rings. The molecule has 1 rings (SSSR count). The zero-order valence-corrected chi connectivity index (χ0v) is 11.8. The van der Waals surface area contributed by atoms with Crippen molar-refractivity contribution in [3.05, 3.63) is 29.8 Å². The molecule has 0 spiro atoms. The van der Waals surface area contributed by atoms with Gasteiger partial charge in [0.25, 0.3) is 0 Å². The summed E-state index contributed by atoms with van der Waals surface area (Å²) in [4.78, 5) is 24.6. The summed E-state index contributed by atoms with van der Waals surface area (Å²) in [6.07, 6.45) is -4.31. The van der Waals surface area contributed by atoms with Crippen molar-refractivity contribution in [2.24, 2.45) is 0 Å². The number of nitrogens with zero attached hydrogens (tertiary/aromatic N) is 1. The van der Waals surface area contributed by atoms with Crippen molar-refractivity contribution in [2.75, 3.05) is 18.4 Å². The second-order valence-corrected chi connectivity index (χ2v) is 4.35. The predicted octanol–water partition coefficient (Wildman–Crippen LogP) is 2.90. The van der Waals surface area contributed by atoms with Gasteiger partial charge in [-0.05, 0) is 19.1 Å². The molecule has 0 saturated carbocycles. The van der Waals surface area contributed by atoms with E-state index in [1.807, 2.05) is 0 Å². The highest BCUT2D eigenvalue weighted by Crippen LogP contribution is 2.34. The minimum absolute atomic E-state index is 0.225. The number of nitrogens with one attached hydrogen (secondary N) is 1. The highest BCUT2D eigenvalue weighted by molar-refractivity contribution is 5.95. The number of likely N-dealkylation sites (N-methyl/N-ethyl adjacent to an activating group) is 1. The first-order valence-corrected chi connectivity index (χ1v) is 6.53. The second-order valence-electron chi connectivity index (χ2n) is 4.35. The van der Waals surface area contributed by atoms with Gasteiger partial charge in [0.05, 0.1) is 17.8 Å². The van der Waals surface area contributed by atoms with E-state index in [1.165, 1.54) is 23.1 Å². The van der Waals surface area contributed by atoms with E-state index < -0.39 is 17.6 Å². The largest absolute Gasteiger partial charge is 0.418 e. The highest BCUT2D eigenvalue weighted by Gasteiger charge is 2.33. The van der Waals surface area contributed by atoms with Crippen LogP contribution in [-0.2, 0) is 15.8 Å². The van der Waals surface area contributed by atoms with Crippen LogP contribution in [0.5, 0.6) is 0 Å². The summed E-state index contributed by atoms with van der Waals surface area (Å²) in [7, 11) is 0. The van der Waals surface area contributed by atoms with Gasteiger partial charge in [-0.2, -0.15) is 13.2 Å². The van der Waals surface area contributed by atoms with Gasteiger partial charge in [-0.3, -0.25) is 9.59 Å². The first kappa shape index (κ1) is 17.0. The molecule has 0 bridgehead atoms. The van der Waals surface area contributed by atoms with Gasteiger partial charge in [-0.1, -0.05) is 19.1 Å². The zero-order chi connectivity index (χ0) is 16.0. The molecule has 0 atom stereocenters. The van der Waals surface area contributed by atoms with E-state index in [0.717, 1.165) is 6.07 Å².